The third kappa shape index (κ3) is 3.77. The molecule has 138 valence electrons. The lowest BCUT2D eigenvalue weighted by molar-refractivity contribution is -0.143. The highest BCUT2D eigenvalue weighted by Gasteiger charge is 2.36. The lowest BCUT2D eigenvalue weighted by Gasteiger charge is -2.09. The third-order valence-electron chi connectivity index (χ3n) is 3.71. The second kappa shape index (κ2) is 7.50. The number of amides is 2. The van der Waals surface area contributed by atoms with Gasteiger partial charge in [-0.25, -0.2) is 4.79 Å². The molecule has 0 saturated carbocycles. The van der Waals surface area contributed by atoms with Gasteiger partial charge in [-0.3, -0.25) is 19.3 Å². The van der Waals surface area contributed by atoms with Crippen LogP contribution in [0.5, 0.6) is 0 Å². The van der Waals surface area contributed by atoms with Crippen LogP contribution in [0.4, 0.5) is 4.79 Å². The van der Waals surface area contributed by atoms with Gasteiger partial charge >= 0.3 is 11.9 Å². The minimum atomic E-state index is -1.09. The number of carbonyl (C=O) groups excluding carboxylic acids is 3. The number of methoxy groups -OCH3 is 1. The number of furan rings is 1. The number of carbonyl (C=O) groups is 4. The van der Waals surface area contributed by atoms with Crippen LogP contribution in [0.1, 0.15) is 16.1 Å². The first-order valence-corrected chi connectivity index (χ1v) is 8.47. The first kappa shape index (κ1) is 18.5. The Hall–Kier alpha value is -3.33. The normalized spacial score (nSPS) is 15.4. The SMILES string of the molecule is COC(=O)CN1C(=O)S/C(=C/c2ccc(-c3ccccc3C(=O)O)o2)C1=O. The average molecular weight is 387 g/mol. The van der Waals surface area contributed by atoms with Crippen LogP contribution in [0.2, 0.25) is 0 Å². The van der Waals surface area contributed by atoms with Crippen LogP contribution in [0.15, 0.2) is 45.7 Å². The van der Waals surface area contributed by atoms with Crippen LogP contribution < -0.4 is 0 Å². The quantitative estimate of drug-likeness (QED) is 0.615. The molecule has 1 saturated heterocycles. The molecule has 1 aliphatic rings. The second-order valence-corrected chi connectivity index (χ2v) is 6.39. The molecule has 27 heavy (non-hydrogen) atoms. The van der Waals surface area contributed by atoms with Gasteiger partial charge in [-0.2, -0.15) is 0 Å². The second-order valence-electron chi connectivity index (χ2n) is 5.40. The Morgan fingerprint density at radius 2 is 1.96 bits per heavy atom. The first-order valence-electron chi connectivity index (χ1n) is 7.65. The molecule has 0 unspecified atom stereocenters. The molecule has 0 aliphatic carbocycles. The number of esters is 1. The summed E-state index contributed by atoms with van der Waals surface area (Å²) >= 11 is 0.679. The summed E-state index contributed by atoms with van der Waals surface area (Å²) in [7, 11) is 1.16. The zero-order valence-electron chi connectivity index (χ0n) is 14.0. The Morgan fingerprint density at radius 3 is 2.67 bits per heavy atom. The molecule has 1 aliphatic heterocycles. The predicted molar refractivity (Wildman–Crippen MR) is 95.8 cm³/mol. The number of nitrogens with zero attached hydrogens (tertiary/aromatic N) is 1. The van der Waals surface area contributed by atoms with Gasteiger partial charge in [0, 0.05) is 11.6 Å². The zero-order chi connectivity index (χ0) is 19.6. The Bertz CT molecular complexity index is 976. The van der Waals surface area contributed by atoms with Gasteiger partial charge in [0.15, 0.2) is 0 Å². The van der Waals surface area contributed by atoms with Crippen LogP contribution in [0, 0.1) is 0 Å². The fourth-order valence-corrected chi connectivity index (χ4v) is 3.24. The van der Waals surface area contributed by atoms with Crippen molar-refractivity contribution in [2.45, 2.75) is 0 Å². The molecule has 2 heterocycles. The van der Waals surface area contributed by atoms with Gasteiger partial charge in [-0.1, -0.05) is 18.2 Å². The number of carboxylic acids is 1. The van der Waals surface area contributed by atoms with E-state index in [1.54, 1.807) is 30.3 Å². The number of aromatic carboxylic acids is 1. The zero-order valence-corrected chi connectivity index (χ0v) is 14.8. The third-order valence-corrected chi connectivity index (χ3v) is 4.62. The number of rotatable bonds is 5. The van der Waals surface area contributed by atoms with Gasteiger partial charge in [0.2, 0.25) is 0 Å². The van der Waals surface area contributed by atoms with E-state index in [0.717, 1.165) is 12.0 Å². The largest absolute Gasteiger partial charge is 0.478 e. The number of ether oxygens (including phenoxy) is 1. The summed E-state index contributed by atoms with van der Waals surface area (Å²) in [5, 5.41) is 8.68. The van der Waals surface area contributed by atoms with E-state index in [0.29, 0.717) is 23.1 Å². The van der Waals surface area contributed by atoms with Crippen molar-refractivity contribution in [2.24, 2.45) is 0 Å². The lowest BCUT2D eigenvalue weighted by Crippen LogP contribution is -2.34. The van der Waals surface area contributed by atoms with E-state index in [-0.39, 0.29) is 16.2 Å². The van der Waals surface area contributed by atoms with Crippen LogP contribution in [0.3, 0.4) is 0 Å². The Kier molecular flexibility index (Phi) is 5.13. The standard InChI is InChI=1S/C18H13NO7S/c1-25-15(20)9-19-16(21)14(27-18(19)24)8-10-6-7-13(26-10)11-4-2-3-5-12(11)17(22)23/h2-8H,9H2,1H3,(H,22,23)/b14-8+. The van der Waals surface area contributed by atoms with E-state index in [2.05, 4.69) is 4.74 Å². The highest BCUT2D eigenvalue weighted by molar-refractivity contribution is 8.18. The Balaban J connectivity index is 1.86. The van der Waals surface area contributed by atoms with Crippen LogP contribution in [0.25, 0.3) is 17.4 Å². The van der Waals surface area contributed by atoms with Crippen molar-refractivity contribution < 1.29 is 33.4 Å². The summed E-state index contributed by atoms with van der Waals surface area (Å²) in [5.74, 6) is -1.84. The number of thioether (sulfide) groups is 1. The maximum atomic E-state index is 12.3. The van der Waals surface area contributed by atoms with E-state index in [4.69, 9.17) is 4.42 Å². The molecule has 1 fully saturated rings. The summed E-state index contributed by atoms with van der Waals surface area (Å²) < 4.78 is 10.1. The van der Waals surface area contributed by atoms with Gasteiger partial charge in [0.25, 0.3) is 11.1 Å². The van der Waals surface area contributed by atoms with Crippen molar-refractivity contribution in [3.63, 3.8) is 0 Å². The number of hydrogen-bond acceptors (Lipinski definition) is 7. The van der Waals surface area contributed by atoms with Crippen molar-refractivity contribution in [3.8, 4) is 11.3 Å². The van der Waals surface area contributed by atoms with E-state index >= 15 is 0 Å². The van der Waals surface area contributed by atoms with Crippen LogP contribution in [-0.2, 0) is 14.3 Å². The maximum absolute atomic E-state index is 12.3. The van der Waals surface area contributed by atoms with E-state index in [1.165, 1.54) is 12.1 Å². The molecule has 1 aromatic heterocycles. The van der Waals surface area contributed by atoms with Crippen molar-refractivity contribution in [1.29, 1.82) is 0 Å². The minimum Gasteiger partial charge on any atom is -0.478 e. The molecular weight excluding hydrogens is 374 g/mol. The molecule has 1 aromatic carbocycles. The summed E-state index contributed by atoms with van der Waals surface area (Å²) in [6, 6.07) is 9.49. The summed E-state index contributed by atoms with van der Waals surface area (Å²) in [4.78, 5) is 47.7. The molecule has 0 radical (unpaired) electrons. The van der Waals surface area contributed by atoms with E-state index in [1.807, 2.05) is 0 Å². The molecule has 2 aromatic rings. The van der Waals surface area contributed by atoms with Gasteiger partial charge in [0.1, 0.15) is 18.1 Å². The van der Waals surface area contributed by atoms with Crippen molar-refractivity contribution in [1.82, 2.24) is 4.90 Å². The minimum absolute atomic E-state index is 0.0804. The Labute approximate surface area is 157 Å². The fraction of sp³-hybridized carbons (Fsp3) is 0.111. The summed E-state index contributed by atoms with van der Waals surface area (Å²) in [6.45, 7) is -0.464. The topological polar surface area (TPSA) is 114 Å². The number of hydrogen-bond donors (Lipinski definition) is 1. The highest BCUT2D eigenvalue weighted by atomic mass is 32.2. The van der Waals surface area contributed by atoms with Gasteiger partial charge in [0.05, 0.1) is 17.6 Å². The smallest absolute Gasteiger partial charge is 0.336 e. The molecular formula is C18H13NO7S. The van der Waals surface area contributed by atoms with Gasteiger partial charge in [-0.15, -0.1) is 0 Å². The summed E-state index contributed by atoms with van der Waals surface area (Å²) in [5.41, 5.74) is 0.472. The molecule has 0 spiro atoms. The fourth-order valence-electron chi connectivity index (χ4n) is 2.42. The van der Waals surface area contributed by atoms with Crippen LogP contribution in [-0.4, -0.2) is 46.7 Å². The lowest BCUT2D eigenvalue weighted by atomic mass is 10.1. The maximum Gasteiger partial charge on any atom is 0.336 e. The van der Waals surface area contributed by atoms with Crippen molar-refractivity contribution in [2.75, 3.05) is 13.7 Å². The molecule has 3 rings (SSSR count). The first-order chi connectivity index (χ1) is 12.9. The van der Waals surface area contributed by atoms with Crippen molar-refractivity contribution in [3.05, 3.63) is 52.6 Å². The molecule has 8 nitrogen and oxygen atoms in total. The molecule has 0 bridgehead atoms. The van der Waals surface area contributed by atoms with E-state index < -0.39 is 29.6 Å². The number of imide groups is 1. The monoisotopic (exact) mass is 387 g/mol. The molecule has 1 N–H and O–H groups in total. The Morgan fingerprint density at radius 1 is 1.22 bits per heavy atom. The van der Waals surface area contributed by atoms with Gasteiger partial charge < -0.3 is 14.3 Å². The highest BCUT2D eigenvalue weighted by Crippen LogP contribution is 2.33. The molecule has 2 amide bonds. The summed E-state index contributed by atoms with van der Waals surface area (Å²) in [6.07, 6.45) is 1.37. The average Bonchev–Trinajstić information content (AvgIpc) is 3.22. The molecule has 0 atom stereocenters. The van der Waals surface area contributed by atoms with Gasteiger partial charge in [-0.05, 0) is 30.0 Å². The number of benzene rings is 1. The van der Waals surface area contributed by atoms with Crippen molar-refractivity contribution >= 4 is 40.9 Å². The molecule has 9 heteroatoms. The predicted octanol–water partition coefficient (Wildman–Crippen LogP) is 2.85. The number of carboxylic acid groups (broad SMARTS) is 1. The van der Waals surface area contributed by atoms with Crippen LogP contribution >= 0.6 is 11.8 Å². The van der Waals surface area contributed by atoms with E-state index in [9.17, 15) is 24.3 Å².